The molecule has 0 aliphatic rings. The van der Waals surface area contributed by atoms with Crippen molar-refractivity contribution in [2.24, 2.45) is 0 Å². The van der Waals surface area contributed by atoms with E-state index in [-0.39, 0.29) is 5.16 Å². The lowest BCUT2D eigenvalue weighted by molar-refractivity contribution is 0.466. The van der Waals surface area contributed by atoms with Crippen molar-refractivity contribution in [3.8, 4) is 0 Å². The molecule has 5 nitrogen and oxygen atoms in total. The maximum absolute atomic E-state index is 9.20. The smallest absolute Gasteiger partial charge is 0.256 e. The summed E-state index contributed by atoms with van der Waals surface area (Å²) in [5.41, 5.74) is 0. The largest absolute Gasteiger partial charge is 0.279 e. The average Bonchev–Trinajstić information content (AvgIpc) is 2.22. The number of rotatable bonds is 2. The first-order valence-electron chi connectivity index (χ1n) is 3.90. The van der Waals surface area contributed by atoms with Gasteiger partial charge in [0.25, 0.3) is 5.16 Å². The molecule has 76 valence electrons. The second-order valence-corrected chi connectivity index (χ2v) is 3.66. The SMILES string of the molecule is CC.CNS(O)(O)c1ncccn1. The zero-order valence-electron chi connectivity index (χ0n) is 7.93. The van der Waals surface area contributed by atoms with Crippen LogP contribution in [0.3, 0.4) is 0 Å². The molecule has 0 aromatic carbocycles. The molecule has 1 heterocycles. The molecule has 1 aromatic rings. The Balaban J connectivity index is 0.000000671. The van der Waals surface area contributed by atoms with Gasteiger partial charge in [-0.05, 0) is 6.07 Å². The molecule has 0 atom stereocenters. The van der Waals surface area contributed by atoms with Gasteiger partial charge in [0.15, 0.2) is 0 Å². The van der Waals surface area contributed by atoms with Crippen LogP contribution in [-0.4, -0.2) is 26.1 Å². The molecule has 0 aliphatic heterocycles. The second kappa shape index (κ2) is 5.87. The molecular formula is C7H15N3O2S. The molecule has 0 spiro atoms. The van der Waals surface area contributed by atoms with Crippen molar-refractivity contribution in [2.45, 2.75) is 19.0 Å². The lowest BCUT2D eigenvalue weighted by atomic mass is 10.7. The van der Waals surface area contributed by atoms with E-state index in [4.69, 9.17) is 0 Å². The monoisotopic (exact) mass is 205 g/mol. The van der Waals surface area contributed by atoms with Crippen molar-refractivity contribution in [1.82, 2.24) is 14.7 Å². The Morgan fingerprint density at radius 3 is 2.08 bits per heavy atom. The van der Waals surface area contributed by atoms with Crippen molar-refractivity contribution in [2.75, 3.05) is 7.05 Å². The van der Waals surface area contributed by atoms with Gasteiger partial charge in [0.05, 0.1) is 0 Å². The van der Waals surface area contributed by atoms with Crippen LogP contribution in [0.1, 0.15) is 13.8 Å². The van der Waals surface area contributed by atoms with Crippen LogP contribution in [0.5, 0.6) is 0 Å². The van der Waals surface area contributed by atoms with Crippen LogP contribution in [-0.2, 0) is 0 Å². The van der Waals surface area contributed by atoms with E-state index in [1.165, 1.54) is 19.4 Å². The number of nitrogens with zero attached hydrogens (tertiary/aromatic N) is 2. The summed E-state index contributed by atoms with van der Waals surface area (Å²) >= 11 is 0. The summed E-state index contributed by atoms with van der Waals surface area (Å²) in [6, 6.07) is 1.61. The summed E-state index contributed by atoms with van der Waals surface area (Å²) in [5, 5.41) is 0.0162. The third-order valence-electron chi connectivity index (χ3n) is 1.08. The summed E-state index contributed by atoms with van der Waals surface area (Å²) in [7, 11) is -1.53. The normalized spacial score (nSPS) is 11.5. The van der Waals surface area contributed by atoms with Gasteiger partial charge >= 0.3 is 0 Å². The van der Waals surface area contributed by atoms with E-state index in [0.29, 0.717) is 0 Å². The van der Waals surface area contributed by atoms with Crippen LogP contribution in [0.4, 0.5) is 0 Å². The minimum atomic E-state index is -2.97. The fourth-order valence-corrected chi connectivity index (χ4v) is 1.12. The van der Waals surface area contributed by atoms with Crippen molar-refractivity contribution in [3.05, 3.63) is 18.5 Å². The maximum atomic E-state index is 9.20. The molecule has 0 amide bonds. The van der Waals surface area contributed by atoms with E-state index in [1.807, 2.05) is 13.8 Å². The molecule has 0 bridgehead atoms. The second-order valence-electron chi connectivity index (χ2n) is 1.78. The van der Waals surface area contributed by atoms with Gasteiger partial charge in [0.1, 0.15) is 0 Å². The van der Waals surface area contributed by atoms with Crippen LogP contribution < -0.4 is 4.72 Å². The van der Waals surface area contributed by atoms with Gasteiger partial charge in [0.2, 0.25) is 0 Å². The standard InChI is InChI=1S/C5H9N3O2S.C2H6/c1-6-11(9,10)5-7-3-2-4-8-5;1-2/h2-4,6,9-10H,1H3;1-2H3. The molecule has 0 aliphatic carbocycles. The molecule has 1 rings (SSSR count). The molecule has 6 heteroatoms. The van der Waals surface area contributed by atoms with Gasteiger partial charge in [-0.25, -0.2) is 14.7 Å². The third kappa shape index (κ3) is 3.69. The molecule has 1 aromatic heterocycles. The van der Waals surface area contributed by atoms with E-state index in [2.05, 4.69) is 14.7 Å². The van der Waals surface area contributed by atoms with Crippen molar-refractivity contribution in [1.29, 1.82) is 0 Å². The van der Waals surface area contributed by atoms with E-state index < -0.39 is 10.8 Å². The molecule has 0 radical (unpaired) electrons. The molecule has 0 saturated heterocycles. The average molecular weight is 205 g/mol. The Hall–Kier alpha value is -0.690. The Bertz CT molecular complexity index is 230. The summed E-state index contributed by atoms with van der Waals surface area (Å²) < 4.78 is 20.7. The van der Waals surface area contributed by atoms with Crippen LogP contribution in [0.15, 0.2) is 23.6 Å². The zero-order valence-corrected chi connectivity index (χ0v) is 8.75. The molecule has 0 saturated carbocycles. The number of hydrogen-bond donors (Lipinski definition) is 3. The highest BCUT2D eigenvalue weighted by molar-refractivity contribution is 8.22. The first kappa shape index (κ1) is 12.3. The summed E-state index contributed by atoms with van der Waals surface area (Å²) in [4.78, 5) is 7.37. The van der Waals surface area contributed by atoms with Crippen molar-refractivity contribution in [3.63, 3.8) is 0 Å². The zero-order chi connectivity index (χ0) is 10.3. The Morgan fingerprint density at radius 1 is 1.23 bits per heavy atom. The first-order valence-corrected chi connectivity index (χ1v) is 5.45. The fraction of sp³-hybridized carbons (Fsp3) is 0.429. The highest BCUT2D eigenvalue weighted by Gasteiger charge is 2.14. The number of hydrogen-bond acceptors (Lipinski definition) is 5. The summed E-state index contributed by atoms with van der Waals surface area (Å²) in [5.74, 6) is 0. The van der Waals surface area contributed by atoms with E-state index in [1.54, 1.807) is 6.07 Å². The van der Waals surface area contributed by atoms with Gasteiger partial charge in [-0.2, -0.15) is 0 Å². The minimum Gasteiger partial charge on any atom is -0.279 e. The molecule has 3 N–H and O–H groups in total. The van der Waals surface area contributed by atoms with E-state index >= 15 is 0 Å². The number of aromatic nitrogens is 2. The summed E-state index contributed by atoms with van der Waals surface area (Å²) in [6.45, 7) is 4.00. The third-order valence-corrected chi connectivity index (χ3v) is 2.37. The van der Waals surface area contributed by atoms with Crippen molar-refractivity contribution >= 4 is 10.8 Å². The highest BCUT2D eigenvalue weighted by atomic mass is 32.3. The fourth-order valence-electron chi connectivity index (χ4n) is 0.524. The predicted octanol–water partition coefficient (Wildman–Crippen LogP) is 1.75. The molecule has 0 unspecified atom stereocenters. The van der Waals surface area contributed by atoms with Gasteiger partial charge in [-0.1, -0.05) is 24.6 Å². The summed E-state index contributed by atoms with van der Waals surface area (Å²) in [6.07, 6.45) is 2.90. The van der Waals surface area contributed by atoms with Gasteiger partial charge in [-0.3, -0.25) is 9.11 Å². The highest BCUT2D eigenvalue weighted by Crippen LogP contribution is 2.39. The lowest BCUT2D eigenvalue weighted by Crippen LogP contribution is -2.16. The number of nitrogens with one attached hydrogen (secondary N) is 1. The quantitative estimate of drug-likeness (QED) is 0.641. The van der Waals surface area contributed by atoms with Crippen LogP contribution in [0, 0.1) is 0 Å². The Morgan fingerprint density at radius 2 is 1.69 bits per heavy atom. The van der Waals surface area contributed by atoms with Crippen molar-refractivity contribution < 1.29 is 9.11 Å². The van der Waals surface area contributed by atoms with Crippen LogP contribution in [0.2, 0.25) is 0 Å². The molecule has 0 fully saturated rings. The predicted molar refractivity (Wildman–Crippen MR) is 53.6 cm³/mol. The maximum Gasteiger partial charge on any atom is 0.256 e. The minimum absolute atomic E-state index is 0.0162. The van der Waals surface area contributed by atoms with Gasteiger partial charge in [0, 0.05) is 19.4 Å². The topological polar surface area (TPSA) is 78.3 Å². The molecular weight excluding hydrogens is 190 g/mol. The lowest BCUT2D eigenvalue weighted by Gasteiger charge is -2.27. The Labute approximate surface area is 79.7 Å². The van der Waals surface area contributed by atoms with Crippen LogP contribution >= 0.6 is 10.8 Å². The van der Waals surface area contributed by atoms with Gasteiger partial charge in [-0.15, -0.1) is 0 Å². The first-order chi connectivity index (χ1) is 6.17. The van der Waals surface area contributed by atoms with E-state index in [0.717, 1.165) is 0 Å². The Kier molecular flexibility index (Phi) is 5.56. The van der Waals surface area contributed by atoms with Crippen LogP contribution in [0.25, 0.3) is 0 Å². The molecule has 13 heavy (non-hydrogen) atoms. The van der Waals surface area contributed by atoms with E-state index in [9.17, 15) is 9.11 Å². The van der Waals surface area contributed by atoms with Gasteiger partial charge < -0.3 is 0 Å².